The molecular formula is C19H18FN3O. The lowest BCUT2D eigenvalue weighted by molar-refractivity contribution is 0.102. The Bertz CT molecular complexity index is 853. The maximum absolute atomic E-state index is 13.0. The van der Waals surface area contributed by atoms with Gasteiger partial charge in [-0.05, 0) is 53.9 Å². The minimum atomic E-state index is -0.308. The van der Waals surface area contributed by atoms with Gasteiger partial charge in [-0.25, -0.2) is 4.39 Å². The number of amides is 1. The molecule has 1 amide bonds. The Labute approximate surface area is 139 Å². The Morgan fingerprint density at radius 3 is 2.58 bits per heavy atom. The number of carbonyl (C=O) groups excluding carboxylic acids is 1. The lowest BCUT2D eigenvalue weighted by Crippen LogP contribution is -2.12. The molecule has 0 spiro atoms. The fourth-order valence-corrected chi connectivity index (χ4v) is 2.38. The first-order valence-corrected chi connectivity index (χ1v) is 7.75. The van der Waals surface area contributed by atoms with Crippen LogP contribution in [0.25, 0.3) is 11.3 Å². The summed E-state index contributed by atoms with van der Waals surface area (Å²) < 4.78 is 13.0. The summed E-state index contributed by atoms with van der Waals surface area (Å²) in [4.78, 5) is 12.4. The van der Waals surface area contributed by atoms with Gasteiger partial charge < -0.3 is 5.32 Å². The molecule has 0 atom stereocenters. The quantitative estimate of drug-likeness (QED) is 0.737. The van der Waals surface area contributed by atoms with Crippen LogP contribution in [0.5, 0.6) is 0 Å². The molecule has 3 aromatic rings. The highest BCUT2D eigenvalue weighted by molar-refractivity contribution is 6.03. The number of halogens is 1. The Morgan fingerprint density at radius 2 is 1.88 bits per heavy atom. The van der Waals surface area contributed by atoms with E-state index in [0.717, 1.165) is 16.8 Å². The summed E-state index contributed by atoms with van der Waals surface area (Å²) >= 11 is 0. The largest absolute Gasteiger partial charge is 0.321 e. The summed E-state index contributed by atoms with van der Waals surface area (Å²) in [5, 5.41) is 9.69. The zero-order valence-electron chi connectivity index (χ0n) is 13.5. The number of H-pyrrole nitrogens is 1. The smallest absolute Gasteiger partial charge is 0.273 e. The SMILES string of the molecule is CC(C)c1cccc(NC(=O)c2cc(-c3ccc(F)cc3)n[nH]2)c1. The monoisotopic (exact) mass is 323 g/mol. The van der Waals surface area contributed by atoms with Gasteiger partial charge in [0.2, 0.25) is 0 Å². The van der Waals surface area contributed by atoms with Gasteiger partial charge in [0.05, 0.1) is 5.69 Å². The molecule has 0 aliphatic carbocycles. The average Bonchev–Trinajstić information content (AvgIpc) is 3.06. The van der Waals surface area contributed by atoms with Crippen molar-refractivity contribution in [1.29, 1.82) is 0 Å². The minimum Gasteiger partial charge on any atom is -0.321 e. The van der Waals surface area contributed by atoms with Crippen LogP contribution >= 0.6 is 0 Å². The first kappa shape index (κ1) is 15.9. The highest BCUT2D eigenvalue weighted by Gasteiger charge is 2.12. The van der Waals surface area contributed by atoms with Gasteiger partial charge in [-0.2, -0.15) is 5.10 Å². The molecule has 0 unspecified atom stereocenters. The second kappa shape index (κ2) is 6.66. The highest BCUT2D eigenvalue weighted by atomic mass is 19.1. The van der Waals surface area contributed by atoms with Gasteiger partial charge in [-0.3, -0.25) is 9.89 Å². The van der Waals surface area contributed by atoms with Crippen molar-refractivity contribution < 1.29 is 9.18 Å². The maximum Gasteiger partial charge on any atom is 0.273 e. The summed E-state index contributed by atoms with van der Waals surface area (Å²) in [6.45, 7) is 4.20. The molecule has 122 valence electrons. The van der Waals surface area contributed by atoms with Crippen molar-refractivity contribution in [3.05, 3.63) is 71.7 Å². The van der Waals surface area contributed by atoms with E-state index in [4.69, 9.17) is 0 Å². The van der Waals surface area contributed by atoms with Crippen LogP contribution in [0.3, 0.4) is 0 Å². The number of hydrogen-bond donors (Lipinski definition) is 2. The van der Waals surface area contributed by atoms with E-state index in [-0.39, 0.29) is 11.7 Å². The van der Waals surface area contributed by atoms with Gasteiger partial charge in [0.1, 0.15) is 11.5 Å². The molecule has 1 heterocycles. The Morgan fingerprint density at radius 1 is 1.12 bits per heavy atom. The van der Waals surface area contributed by atoms with Crippen LogP contribution in [-0.2, 0) is 0 Å². The van der Waals surface area contributed by atoms with Gasteiger partial charge in [-0.1, -0.05) is 26.0 Å². The van der Waals surface area contributed by atoms with E-state index < -0.39 is 0 Å². The van der Waals surface area contributed by atoms with Crippen LogP contribution in [0.15, 0.2) is 54.6 Å². The molecule has 24 heavy (non-hydrogen) atoms. The molecule has 0 saturated carbocycles. The summed E-state index contributed by atoms with van der Waals surface area (Å²) in [6, 6.07) is 15.4. The van der Waals surface area contributed by atoms with Crippen molar-refractivity contribution in [3.63, 3.8) is 0 Å². The van der Waals surface area contributed by atoms with Crippen molar-refractivity contribution in [2.24, 2.45) is 0 Å². The standard InChI is InChI=1S/C19H18FN3O/c1-12(2)14-4-3-5-16(10-14)21-19(24)18-11-17(22-23-18)13-6-8-15(20)9-7-13/h3-12H,1-2H3,(H,21,24)(H,22,23). The molecule has 2 N–H and O–H groups in total. The van der Waals surface area contributed by atoms with Gasteiger partial charge in [0.25, 0.3) is 5.91 Å². The summed E-state index contributed by atoms with van der Waals surface area (Å²) in [7, 11) is 0. The minimum absolute atomic E-state index is 0.267. The summed E-state index contributed by atoms with van der Waals surface area (Å²) in [5.41, 5.74) is 3.59. The van der Waals surface area contributed by atoms with E-state index in [1.54, 1.807) is 18.2 Å². The molecule has 1 aromatic heterocycles. The number of hydrogen-bond acceptors (Lipinski definition) is 2. The number of benzene rings is 2. The van der Waals surface area contributed by atoms with Crippen molar-refractivity contribution >= 4 is 11.6 Å². The van der Waals surface area contributed by atoms with Crippen molar-refractivity contribution in [2.75, 3.05) is 5.32 Å². The highest BCUT2D eigenvalue weighted by Crippen LogP contribution is 2.21. The van der Waals surface area contributed by atoms with E-state index in [0.29, 0.717) is 17.3 Å². The van der Waals surface area contributed by atoms with Crippen LogP contribution in [-0.4, -0.2) is 16.1 Å². The molecule has 4 nitrogen and oxygen atoms in total. The average molecular weight is 323 g/mol. The van der Waals surface area contributed by atoms with Crippen molar-refractivity contribution in [1.82, 2.24) is 10.2 Å². The van der Waals surface area contributed by atoms with Crippen LogP contribution in [0.1, 0.15) is 35.8 Å². The lowest BCUT2D eigenvalue weighted by atomic mass is 10.0. The van der Waals surface area contributed by atoms with Crippen LogP contribution < -0.4 is 5.32 Å². The van der Waals surface area contributed by atoms with E-state index in [9.17, 15) is 9.18 Å². The molecule has 0 radical (unpaired) electrons. The number of carbonyl (C=O) groups is 1. The molecular weight excluding hydrogens is 305 g/mol. The van der Waals surface area contributed by atoms with E-state index in [1.165, 1.54) is 12.1 Å². The lowest BCUT2D eigenvalue weighted by Gasteiger charge is -2.08. The molecule has 0 saturated heterocycles. The van der Waals surface area contributed by atoms with Gasteiger partial charge >= 0.3 is 0 Å². The summed E-state index contributed by atoms with van der Waals surface area (Å²) in [5.74, 6) is -0.187. The van der Waals surface area contributed by atoms with Gasteiger partial charge in [0, 0.05) is 11.3 Å². The van der Waals surface area contributed by atoms with E-state index in [2.05, 4.69) is 29.4 Å². The molecule has 0 aliphatic heterocycles. The molecule has 2 aromatic carbocycles. The molecule has 5 heteroatoms. The van der Waals surface area contributed by atoms with E-state index >= 15 is 0 Å². The molecule has 0 aliphatic rings. The van der Waals surface area contributed by atoms with Crippen molar-refractivity contribution in [3.8, 4) is 11.3 Å². The van der Waals surface area contributed by atoms with Gasteiger partial charge in [0.15, 0.2) is 0 Å². The summed E-state index contributed by atoms with van der Waals surface area (Å²) in [6.07, 6.45) is 0. The zero-order chi connectivity index (χ0) is 17.1. The topological polar surface area (TPSA) is 57.8 Å². The normalized spacial score (nSPS) is 10.8. The number of rotatable bonds is 4. The first-order valence-electron chi connectivity index (χ1n) is 7.75. The van der Waals surface area contributed by atoms with Crippen LogP contribution in [0, 0.1) is 5.82 Å². The predicted octanol–water partition coefficient (Wildman–Crippen LogP) is 4.59. The second-order valence-corrected chi connectivity index (χ2v) is 5.91. The number of anilines is 1. The number of nitrogens with one attached hydrogen (secondary N) is 2. The Hall–Kier alpha value is -2.95. The fourth-order valence-electron chi connectivity index (χ4n) is 2.38. The number of aromatic nitrogens is 2. The Kier molecular flexibility index (Phi) is 4.42. The number of aromatic amines is 1. The maximum atomic E-state index is 13.0. The first-order chi connectivity index (χ1) is 11.5. The third-order valence-corrected chi connectivity index (χ3v) is 3.77. The van der Waals surface area contributed by atoms with Crippen LogP contribution in [0.2, 0.25) is 0 Å². The number of nitrogens with zero attached hydrogens (tertiary/aromatic N) is 1. The van der Waals surface area contributed by atoms with Crippen molar-refractivity contribution in [2.45, 2.75) is 19.8 Å². The third kappa shape index (κ3) is 3.51. The second-order valence-electron chi connectivity index (χ2n) is 5.91. The van der Waals surface area contributed by atoms with E-state index in [1.807, 2.05) is 24.3 Å². The molecule has 3 rings (SSSR count). The van der Waals surface area contributed by atoms with Crippen LogP contribution in [0.4, 0.5) is 10.1 Å². The molecule has 0 bridgehead atoms. The fraction of sp³-hybridized carbons (Fsp3) is 0.158. The predicted molar refractivity (Wildman–Crippen MR) is 92.5 cm³/mol. The molecule has 0 fully saturated rings. The third-order valence-electron chi connectivity index (χ3n) is 3.77. The van der Waals surface area contributed by atoms with Gasteiger partial charge in [-0.15, -0.1) is 0 Å². The zero-order valence-corrected chi connectivity index (χ0v) is 13.5. The Balaban J connectivity index is 1.76.